The predicted molar refractivity (Wildman–Crippen MR) is 128 cm³/mol. The predicted octanol–water partition coefficient (Wildman–Crippen LogP) is 5.76. The summed E-state index contributed by atoms with van der Waals surface area (Å²) in [7, 11) is 1.58. The number of amides is 1. The number of hydrogen-bond acceptors (Lipinski definition) is 4. The summed E-state index contributed by atoms with van der Waals surface area (Å²) >= 11 is 18.6. The van der Waals surface area contributed by atoms with E-state index in [1.165, 1.54) is 0 Å². The molecule has 1 saturated heterocycles. The van der Waals surface area contributed by atoms with Crippen LogP contribution in [0.25, 0.3) is 0 Å². The van der Waals surface area contributed by atoms with Crippen molar-refractivity contribution in [1.82, 2.24) is 10.2 Å². The lowest BCUT2D eigenvalue weighted by Crippen LogP contribution is -2.28. The number of benzene rings is 2. The number of hydrogen-bond donors (Lipinski definition) is 1. The Labute approximate surface area is 204 Å². The van der Waals surface area contributed by atoms with Crippen LogP contribution in [-0.2, 0) is 17.9 Å². The second-order valence-corrected chi connectivity index (χ2v) is 8.40. The lowest BCUT2D eigenvalue weighted by molar-refractivity contribution is -0.127. The third kappa shape index (κ3) is 7.33. The molecule has 0 aliphatic carbocycles. The summed E-state index contributed by atoms with van der Waals surface area (Å²) in [5.41, 5.74) is 1.80. The van der Waals surface area contributed by atoms with Gasteiger partial charge in [-0.25, -0.2) is 0 Å². The van der Waals surface area contributed by atoms with Gasteiger partial charge >= 0.3 is 0 Å². The van der Waals surface area contributed by atoms with Gasteiger partial charge in [0.2, 0.25) is 5.91 Å². The number of nitrogens with one attached hydrogen (secondary N) is 1. The van der Waals surface area contributed by atoms with Crippen LogP contribution in [0.1, 0.15) is 30.4 Å². The monoisotopic (exact) mass is 506 g/mol. The minimum atomic E-state index is 0. The largest absolute Gasteiger partial charge is 0.493 e. The van der Waals surface area contributed by atoms with Crippen molar-refractivity contribution in [2.24, 2.45) is 0 Å². The second kappa shape index (κ2) is 12.6. The van der Waals surface area contributed by atoms with E-state index in [0.717, 1.165) is 43.6 Å². The van der Waals surface area contributed by atoms with E-state index in [1.54, 1.807) is 19.2 Å². The molecule has 31 heavy (non-hydrogen) atoms. The maximum atomic E-state index is 11.6. The fourth-order valence-electron chi connectivity index (χ4n) is 3.37. The molecule has 3 rings (SSSR count). The molecule has 1 aliphatic heterocycles. The Balaban J connectivity index is 0.00000341. The average molecular weight is 508 g/mol. The number of nitrogens with zero attached hydrogens (tertiary/aromatic N) is 1. The maximum absolute atomic E-state index is 11.6. The van der Waals surface area contributed by atoms with Gasteiger partial charge in [0.1, 0.15) is 6.61 Å². The van der Waals surface area contributed by atoms with Crippen molar-refractivity contribution < 1.29 is 14.3 Å². The number of carbonyl (C=O) groups is 1. The van der Waals surface area contributed by atoms with Crippen molar-refractivity contribution in [3.05, 3.63) is 56.5 Å². The number of methoxy groups -OCH3 is 1. The first-order valence-electron chi connectivity index (χ1n) is 9.89. The van der Waals surface area contributed by atoms with Gasteiger partial charge in [-0.15, -0.1) is 12.4 Å². The number of rotatable bonds is 10. The van der Waals surface area contributed by atoms with Crippen molar-refractivity contribution in [3.63, 3.8) is 0 Å². The highest BCUT2D eigenvalue weighted by molar-refractivity contribution is 6.35. The molecule has 0 aromatic heterocycles. The summed E-state index contributed by atoms with van der Waals surface area (Å²) in [5, 5.41) is 4.97. The van der Waals surface area contributed by atoms with Crippen LogP contribution in [-0.4, -0.2) is 37.6 Å². The van der Waals surface area contributed by atoms with Gasteiger partial charge in [0.05, 0.1) is 12.1 Å². The van der Waals surface area contributed by atoms with Crippen LogP contribution in [0, 0.1) is 0 Å². The summed E-state index contributed by atoms with van der Waals surface area (Å²) in [6.45, 7) is 3.40. The Morgan fingerprint density at radius 3 is 2.61 bits per heavy atom. The molecule has 0 bridgehead atoms. The summed E-state index contributed by atoms with van der Waals surface area (Å²) in [4.78, 5) is 13.6. The molecule has 1 aliphatic rings. The minimum Gasteiger partial charge on any atom is -0.493 e. The van der Waals surface area contributed by atoms with Crippen LogP contribution in [0.4, 0.5) is 0 Å². The zero-order chi connectivity index (χ0) is 21.5. The van der Waals surface area contributed by atoms with Gasteiger partial charge < -0.3 is 19.7 Å². The molecule has 5 nitrogen and oxygen atoms in total. The van der Waals surface area contributed by atoms with Gasteiger partial charge in [0.15, 0.2) is 11.5 Å². The van der Waals surface area contributed by atoms with E-state index in [9.17, 15) is 4.79 Å². The van der Waals surface area contributed by atoms with Crippen LogP contribution >= 0.6 is 47.2 Å². The first kappa shape index (κ1) is 25.9. The fraction of sp³-hybridized carbons (Fsp3) is 0.409. The molecule has 2 aromatic rings. The third-order valence-corrected chi connectivity index (χ3v) is 5.83. The highest BCUT2D eigenvalue weighted by atomic mass is 35.5. The molecule has 170 valence electrons. The van der Waals surface area contributed by atoms with E-state index in [1.807, 2.05) is 23.1 Å². The van der Waals surface area contributed by atoms with Gasteiger partial charge in [0, 0.05) is 41.7 Å². The lowest BCUT2D eigenvalue weighted by Gasteiger charge is -2.16. The van der Waals surface area contributed by atoms with E-state index in [-0.39, 0.29) is 24.9 Å². The van der Waals surface area contributed by atoms with Crippen LogP contribution in [0.3, 0.4) is 0 Å². The fourth-order valence-corrected chi connectivity index (χ4v) is 4.12. The number of carbonyl (C=O) groups excluding carboxylic acids is 1. The average Bonchev–Trinajstić information content (AvgIpc) is 3.12. The maximum Gasteiger partial charge on any atom is 0.222 e. The zero-order valence-corrected chi connectivity index (χ0v) is 20.3. The Kier molecular flexibility index (Phi) is 10.5. The minimum absolute atomic E-state index is 0. The molecule has 0 unspecified atom stereocenters. The smallest absolute Gasteiger partial charge is 0.222 e. The van der Waals surface area contributed by atoms with Gasteiger partial charge in [0.25, 0.3) is 0 Å². The molecule has 0 atom stereocenters. The van der Waals surface area contributed by atoms with E-state index in [4.69, 9.17) is 44.3 Å². The van der Waals surface area contributed by atoms with Crippen LogP contribution in [0.15, 0.2) is 30.3 Å². The lowest BCUT2D eigenvalue weighted by atomic mass is 10.2. The molecular weight excluding hydrogens is 482 g/mol. The molecule has 9 heteroatoms. The van der Waals surface area contributed by atoms with Crippen LogP contribution in [0.5, 0.6) is 11.5 Å². The van der Waals surface area contributed by atoms with Gasteiger partial charge in [-0.3, -0.25) is 4.79 Å². The number of ether oxygens (including phenoxy) is 2. The van der Waals surface area contributed by atoms with E-state index in [0.29, 0.717) is 39.5 Å². The SMILES string of the molecule is COc1cc(CNCCCN2CCCC2=O)cc(Cl)c1OCc1ccc(Cl)cc1Cl.Cl. The molecule has 0 radical (unpaired) electrons. The van der Waals surface area contributed by atoms with Crippen molar-refractivity contribution >= 4 is 53.1 Å². The van der Waals surface area contributed by atoms with E-state index in [2.05, 4.69) is 5.32 Å². The van der Waals surface area contributed by atoms with Crippen molar-refractivity contribution in [3.8, 4) is 11.5 Å². The summed E-state index contributed by atoms with van der Waals surface area (Å²) in [6, 6.07) is 9.02. The summed E-state index contributed by atoms with van der Waals surface area (Å²) < 4.78 is 11.4. The molecule has 1 fully saturated rings. The first-order chi connectivity index (χ1) is 14.5. The molecule has 1 N–H and O–H groups in total. The number of halogens is 4. The Morgan fingerprint density at radius 2 is 1.94 bits per heavy atom. The quantitative estimate of drug-likeness (QED) is 0.415. The second-order valence-electron chi connectivity index (χ2n) is 7.15. The summed E-state index contributed by atoms with van der Waals surface area (Å²) in [6.07, 6.45) is 2.58. The molecule has 1 heterocycles. The van der Waals surface area contributed by atoms with Crippen LogP contribution in [0.2, 0.25) is 15.1 Å². The van der Waals surface area contributed by atoms with Crippen LogP contribution < -0.4 is 14.8 Å². The van der Waals surface area contributed by atoms with Gasteiger partial charge in [-0.2, -0.15) is 0 Å². The van der Waals surface area contributed by atoms with E-state index < -0.39 is 0 Å². The molecule has 2 aromatic carbocycles. The van der Waals surface area contributed by atoms with Crippen molar-refractivity contribution in [2.75, 3.05) is 26.7 Å². The zero-order valence-electron chi connectivity index (χ0n) is 17.3. The first-order valence-corrected chi connectivity index (χ1v) is 11.0. The molecule has 1 amide bonds. The van der Waals surface area contributed by atoms with Gasteiger partial charge in [-0.1, -0.05) is 40.9 Å². The highest BCUT2D eigenvalue weighted by Gasteiger charge is 2.19. The Hall–Kier alpha value is -1.37. The Bertz CT molecular complexity index is 895. The van der Waals surface area contributed by atoms with E-state index >= 15 is 0 Å². The molecular formula is C22H26Cl4N2O3. The molecule has 0 spiro atoms. The Morgan fingerprint density at radius 1 is 1.13 bits per heavy atom. The summed E-state index contributed by atoms with van der Waals surface area (Å²) in [5.74, 6) is 1.30. The standard InChI is InChI=1S/C22H25Cl3N2O3.ClH/c1-29-20-11-15(13-26-7-3-9-27-8-2-4-21(27)28)10-19(25)22(20)30-14-16-5-6-17(23)12-18(16)24;/h5-6,10-12,26H,2-4,7-9,13-14H2,1H3;1H. The van der Waals surface area contributed by atoms with Crippen molar-refractivity contribution in [1.29, 1.82) is 0 Å². The van der Waals surface area contributed by atoms with Crippen molar-refractivity contribution in [2.45, 2.75) is 32.4 Å². The third-order valence-electron chi connectivity index (χ3n) is 4.96. The highest BCUT2D eigenvalue weighted by Crippen LogP contribution is 2.37. The normalized spacial score (nSPS) is 13.3. The molecule has 0 saturated carbocycles. The number of likely N-dealkylation sites (tertiary alicyclic amines) is 1. The van der Waals surface area contributed by atoms with Gasteiger partial charge in [-0.05, 0) is 49.2 Å². The topological polar surface area (TPSA) is 50.8 Å².